The second-order valence-corrected chi connectivity index (χ2v) is 5.26. The Hall–Kier alpha value is -1.27. The minimum absolute atomic E-state index is 0.269. The van der Waals surface area contributed by atoms with Gasteiger partial charge in [-0.3, -0.25) is 4.79 Å². The second kappa shape index (κ2) is 4.71. The Bertz CT molecular complexity index is 481. The van der Waals surface area contributed by atoms with Crippen molar-refractivity contribution in [2.75, 3.05) is 6.26 Å². The number of hydrogen-bond acceptors (Lipinski definition) is 3. The van der Waals surface area contributed by atoms with Crippen LogP contribution in [0.3, 0.4) is 0 Å². The fourth-order valence-electron chi connectivity index (χ4n) is 1.24. The Morgan fingerprint density at radius 2 is 1.81 bits per heavy atom. The van der Waals surface area contributed by atoms with Gasteiger partial charge >= 0.3 is 0 Å². The molecule has 0 aliphatic carbocycles. The van der Waals surface area contributed by atoms with Crippen LogP contribution in [0.15, 0.2) is 24.3 Å². The molecular formula is C10H12FNO3S. The maximum Gasteiger partial charge on any atom is 0.209 e. The van der Waals surface area contributed by atoms with Gasteiger partial charge in [0, 0.05) is 5.56 Å². The fourth-order valence-corrected chi connectivity index (χ4v) is 1.99. The number of hydrogen-bond donors (Lipinski definition) is 1. The highest BCUT2D eigenvalue weighted by molar-refractivity contribution is 7.88. The molecule has 0 aliphatic heterocycles. The molecule has 0 radical (unpaired) electrons. The summed E-state index contributed by atoms with van der Waals surface area (Å²) in [5.74, 6) is -0.842. The van der Waals surface area contributed by atoms with E-state index in [1.807, 2.05) is 0 Å². The van der Waals surface area contributed by atoms with Crippen molar-refractivity contribution < 1.29 is 17.6 Å². The summed E-state index contributed by atoms with van der Waals surface area (Å²) in [5, 5.41) is 0. The normalized spacial score (nSPS) is 13.4. The van der Waals surface area contributed by atoms with Gasteiger partial charge in [-0.15, -0.1) is 0 Å². The summed E-state index contributed by atoms with van der Waals surface area (Å²) in [6.07, 6.45) is 0.974. The molecule has 0 saturated heterocycles. The number of nitrogens with one attached hydrogen (secondary N) is 1. The van der Waals surface area contributed by atoms with Crippen LogP contribution in [0.1, 0.15) is 17.3 Å². The first-order valence-electron chi connectivity index (χ1n) is 4.56. The predicted octanol–water partition coefficient (Wildman–Crippen LogP) is 0.946. The van der Waals surface area contributed by atoms with Gasteiger partial charge in [0.1, 0.15) is 5.82 Å². The molecule has 0 aromatic heterocycles. The maximum atomic E-state index is 12.6. The summed E-state index contributed by atoms with van der Waals surface area (Å²) >= 11 is 0. The highest BCUT2D eigenvalue weighted by Crippen LogP contribution is 2.06. The summed E-state index contributed by atoms with van der Waals surface area (Å²) in [6, 6.07) is 4.08. The smallest absolute Gasteiger partial charge is 0.209 e. The minimum Gasteiger partial charge on any atom is -0.292 e. The van der Waals surface area contributed by atoms with E-state index in [1.165, 1.54) is 19.1 Å². The molecular weight excluding hydrogens is 233 g/mol. The van der Waals surface area contributed by atoms with Gasteiger partial charge in [-0.05, 0) is 31.2 Å². The Labute approximate surface area is 93.5 Å². The molecule has 16 heavy (non-hydrogen) atoms. The van der Waals surface area contributed by atoms with E-state index < -0.39 is 27.7 Å². The number of ketones is 1. The first-order chi connectivity index (χ1) is 7.29. The molecule has 6 heteroatoms. The van der Waals surface area contributed by atoms with Gasteiger partial charge in [0.15, 0.2) is 5.78 Å². The van der Waals surface area contributed by atoms with Gasteiger partial charge < -0.3 is 0 Å². The van der Waals surface area contributed by atoms with Crippen LogP contribution in [0.25, 0.3) is 0 Å². The number of sulfonamides is 1. The van der Waals surface area contributed by atoms with Crippen molar-refractivity contribution in [2.45, 2.75) is 13.0 Å². The lowest BCUT2D eigenvalue weighted by atomic mass is 10.1. The average molecular weight is 245 g/mol. The average Bonchev–Trinajstić information content (AvgIpc) is 2.15. The highest BCUT2D eigenvalue weighted by atomic mass is 32.2. The van der Waals surface area contributed by atoms with Crippen LogP contribution >= 0.6 is 0 Å². The SMILES string of the molecule is CC(NS(C)(=O)=O)C(=O)c1ccc(F)cc1. The number of carbonyl (C=O) groups excluding carboxylic acids is 1. The van der Waals surface area contributed by atoms with E-state index in [0.717, 1.165) is 18.4 Å². The second-order valence-electron chi connectivity index (χ2n) is 3.48. The molecule has 0 amide bonds. The van der Waals surface area contributed by atoms with Gasteiger partial charge in [-0.1, -0.05) is 0 Å². The number of benzene rings is 1. The van der Waals surface area contributed by atoms with Gasteiger partial charge in [0.25, 0.3) is 0 Å². The summed E-state index contributed by atoms with van der Waals surface area (Å²) in [4.78, 5) is 11.7. The summed E-state index contributed by atoms with van der Waals surface area (Å²) in [5.41, 5.74) is 0.269. The number of rotatable bonds is 4. The minimum atomic E-state index is -3.43. The van der Waals surface area contributed by atoms with Crippen molar-refractivity contribution in [3.05, 3.63) is 35.6 Å². The molecule has 88 valence electrons. The quantitative estimate of drug-likeness (QED) is 0.803. The number of carbonyl (C=O) groups is 1. The zero-order valence-corrected chi connectivity index (χ0v) is 9.71. The van der Waals surface area contributed by atoms with E-state index in [1.54, 1.807) is 0 Å². The molecule has 0 fully saturated rings. The third-order valence-corrected chi connectivity index (χ3v) is 2.69. The number of halogens is 1. The third-order valence-electron chi connectivity index (χ3n) is 1.91. The largest absolute Gasteiger partial charge is 0.292 e. The van der Waals surface area contributed by atoms with Crippen molar-refractivity contribution in [3.8, 4) is 0 Å². The first kappa shape index (κ1) is 12.8. The molecule has 1 atom stereocenters. The summed E-state index contributed by atoms with van der Waals surface area (Å²) < 4.78 is 36.6. The van der Waals surface area contributed by atoms with Crippen molar-refractivity contribution in [1.29, 1.82) is 0 Å². The fraction of sp³-hybridized carbons (Fsp3) is 0.300. The van der Waals surface area contributed by atoms with Crippen LogP contribution in [0.4, 0.5) is 4.39 Å². The monoisotopic (exact) mass is 245 g/mol. The molecule has 0 bridgehead atoms. The lowest BCUT2D eigenvalue weighted by Crippen LogP contribution is -2.37. The predicted molar refractivity (Wildman–Crippen MR) is 58.2 cm³/mol. The molecule has 1 aromatic rings. The molecule has 1 unspecified atom stereocenters. The van der Waals surface area contributed by atoms with Crippen molar-refractivity contribution >= 4 is 15.8 Å². The van der Waals surface area contributed by atoms with Crippen LogP contribution in [0, 0.1) is 5.82 Å². The van der Waals surface area contributed by atoms with Crippen molar-refractivity contribution in [1.82, 2.24) is 4.72 Å². The van der Waals surface area contributed by atoms with E-state index in [4.69, 9.17) is 0 Å². The van der Waals surface area contributed by atoms with Crippen LogP contribution in [0.2, 0.25) is 0 Å². The molecule has 0 aliphatic rings. The van der Waals surface area contributed by atoms with E-state index in [9.17, 15) is 17.6 Å². The molecule has 1 aromatic carbocycles. The molecule has 1 rings (SSSR count). The standard InChI is InChI=1S/C10H12FNO3S/c1-7(12-16(2,14)15)10(13)8-3-5-9(11)6-4-8/h3-7,12H,1-2H3. The topological polar surface area (TPSA) is 63.2 Å². The van der Waals surface area contributed by atoms with E-state index in [-0.39, 0.29) is 5.56 Å². The Balaban J connectivity index is 2.82. The number of Topliss-reactive ketones (excluding diaryl/α,β-unsaturated/α-hetero) is 1. The van der Waals surface area contributed by atoms with Crippen LogP contribution in [-0.2, 0) is 10.0 Å². The molecule has 0 saturated carbocycles. The van der Waals surface area contributed by atoms with E-state index >= 15 is 0 Å². The zero-order valence-electron chi connectivity index (χ0n) is 8.90. The Kier molecular flexibility index (Phi) is 3.77. The van der Waals surface area contributed by atoms with Gasteiger partial charge in [0.2, 0.25) is 10.0 Å². The van der Waals surface area contributed by atoms with Crippen molar-refractivity contribution in [2.24, 2.45) is 0 Å². The summed E-state index contributed by atoms with van der Waals surface area (Å²) in [7, 11) is -3.43. The van der Waals surface area contributed by atoms with Crippen molar-refractivity contribution in [3.63, 3.8) is 0 Å². The third kappa shape index (κ3) is 3.71. The Morgan fingerprint density at radius 3 is 2.25 bits per heavy atom. The highest BCUT2D eigenvalue weighted by Gasteiger charge is 2.18. The zero-order chi connectivity index (χ0) is 12.3. The van der Waals surface area contributed by atoms with Gasteiger partial charge in [0.05, 0.1) is 12.3 Å². The first-order valence-corrected chi connectivity index (χ1v) is 6.46. The van der Waals surface area contributed by atoms with Crippen LogP contribution < -0.4 is 4.72 Å². The molecule has 4 nitrogen and oxygen atoms in total. The lowest BCUT2D eigenvalue weighted by Gasteiger charge is -2.10. The van der Waals surface area contributed by atoms with E-state index in [2.05, 4.69) is 4.72 Å². The van der Waals surface area contributed by atoms with Gasteiger partial charge in [-0.2, -0.15) is 0 Å². The molecule has 0 heterocycles. The Morgan fingerprint density at radius 1 is 1.31 bits per heavy atom. The lowest BCUT2D eigenvalue weighted by molar-refractivity contribution is 0.0961. The van der Waals surface area contributed by atoms with E-state index in [0.29, 0.717) is 0 Å². The van der Waals surface area contributed by atoms with Crippen LogP contribution in [-0.4, -0.2) is 26.5 Å². The molecule has 1 N–H and O–H groups in total. The maximum absolute atomic E-state index is 12.6. The summed E-state index contributed by atoms with van der Waals surface area (Å²) in [6.45, 7) is 1.44. The van der Waals surface area contributed by atoms with Gasteiger partial charge in [-0.25, -0.2) is 17.5 Å². The van der Waals surface area contributed by atoms with Crippen LogP contribution in [0.5, 0.6) is 0 Å². The molecule has 0 spiro atoms.